The third kappa shape index (κ3) is 4.41. The number of likely N-dealkylation sites (tertiary alicyclic amines) is 1. The predicted molar refractivity (Wildman–Crippen MR) is 131 cm³/mol. The van der Waals surface area contributed by atoms with Crippen molar-refractivity contribution in [2.24, 2.45) is 5.92 Å². The highest BCUT2D eigenvalue weighted by atomic mass is 35.5. The molecule has 0 spiro atoms. The van der Waals surface area contributed by atoms with Crippen LogP contribution >= 0.6 is 22.9 Å². The first-order valence-corrected chi connectivity index (χ1v) is 12.1. The van der Waals surface area contributed by atoms with Gasteiger partial charge in [0.15, 0.2) is 0 Å². The number of hydrogen-bond donors (Lipinski definition) is 1. The van der Waals surface area contributed by atoms with Crippen molar-refractivity contribution < 1.29 is 14.1 Å². The molecule has 0 saturated carbocycles. The van der Waals surface area contributed by atoms with Crippen LogP contribution in [0.3, 0.4) is 0 Å². The third-order valence-corrected chi connectivity index (χ3v) is 7.22. The van der Waals surface area contributed by atoms with Crippen molar-refractivity contribution in [3.63, 3.8) is 0 Å². The van der Waals surface area contributed by atoms with Gasteiger partial charge >= 0.3 is 0 Å². The van der Waals surface area contributed by atoms with Gasteiger partial charge in [-0.3, -0.25) is 9.59 Å². The minimum Gasteiger partial charge on any atom is -0.339 e. The number of aryl methyl sites for hydroxylation is 2. The summed E-state index contributed by atoms with van der Waals surface area (Å²) in [5, 5.41) is 8.01. The number of nitrogens with zero attached hydrogens (tertiary/aromatic N) is 4. The number of carbonyl (C=O) groups excluding carboxylic acids is 2. The molecule has 1 aliphatic heterocycles. The maximum Gasteiger partial charge on any atom is 0.259 e. The Morgan fingerprint density at radius 2 is 1.97 bits per heavy atom. The lowest BCUT2D eigenvalue weighted by Crippen LogP contribution is -2.41. The van der Waals surface area contributed by atoms with E-state index >= 15 is 0 Å². The zero-order valence-electron chi connectivity index (χ0n) is 18.7. The molecule has 1 saturated heterocycles. The van der Waals surface area contributed by atoms with E-state index in [1.807, 2.05) is 25.1 Å². The maximum atomic E-state index is 13.6. The maximum absolute atomic E-state index is 13.6. The van der Waals surface area contributed by atoms with Crippen LogP contribution in [-0.4, -0.2) is 44.9 Å². The van der Waals surface area contributed by atoms with Crippen molar-refractivity contribution in [2.45, 2.75) is 26.7 Å². The number of rotatable bonds is 4. The minimum absolute atomic E-state index is 0.0987. The quantitative estimate of drug-likeness (QED) is 0.422. The fraction of sp³-hybridized carbons (Fsp3) is 0.292. The van der Waals surface area contributed by atoms with Gasteiger partial charge in [0, 0.05) is 30.1 Å². The number of aromatic nitrogens is 3. The lowest BCUT2D eigenvalue weighted by atomic mass is 9.95. The SMILES string of the molecule is Cc1ccc(-c2cc(C(=O)N3CCC(C(=O)Nc4ccc(Cl)cn4)CC3)c3c(C)noc3n2)s1. The Balaban J connectivity index is 1.33. The molecule has 4 aromatic rings. The number of pyridine rings is 2. The van der Waals surface area contributed by atoms with Crippen LogP contribution < -0.4 is 5.32 Å². The lowest BCUT2D eigenvalue weighted by molar-refractivity contribution is -0.121. The number of halogens is 1. The van der Waals surface area contributed by atoms with Crippen molar-refractivity contribution >= 4 is 51.7 Å². The summed E-state index contributed by atoms with van der Waals surface area (Å²) in [7, 11) is 0. The summed E-state index contributed by atoms with van der Waals surface area (Å²) in [5.41, 5.74) is 2.20. The van der Waals surface area contributed by atoms with Crippen LogP contribution in [0.2, 0.25) is 5.02 Å². The topological polar surface area (TPSA) is 101 Å². The van der Waals surface area contributed by atoms with Crippen LogP contribution in [0.4, 0.5) is 5.82 Å². The minimum atomic E-state index is -0.194. The molecule has 5 heterocycles. The van der Waals surface area contributed by atoms with E-state index in [9.17, 15) is 9.59 Å². The van der Waals surface area contributed by atoms with Gasteiger partial charge in [-0.05, 0) is 57.0 Å². The van der Waals surface area contributed by atoms with E-state index in [4.69, 9.17) is 16.1 Å². The zero-order valence-corrected chi connectivity index (χ0v) is 20.2. The Bertz CT molecular complexity index is 1370. The third-order valence-electron chi connectivity index (χ3n) is 5.97. The van der Waals surface area contributed by atoms with E-state index in [1.165, 1.54) is 6.20 Å². The Kier molecular flexibility index (Phi) is 6.05. The molecule has 0 radical (unpaired) electrons. The summed E-state index contributed by atoms with van der Waals surface area (Å²) in [5.74, 6) is 0.0669. The van der Waals surface area contributed by atoms with Crippen LogP contribution in [-0.2, 0) is 4.79 Å². The first kappa shape index (κ1) is 22.5. The molecule has 2 amide bonds. The average molecular weight is 496 g/mol. The number of piperidine rings is 1. The Labute approximate surface area is 204 Å². The number of fused-ring (bicyclic) bond motifs is 1. The van der Waals surface area contributed by atoms with E-state index in [1.54, 1.807) is 35.3 Å². The van der Waals surface area contributed by atoms with Crippen molar-refractivity contribution in [2.75, 3.05) is 18.4 Å². The molecule has 0 aliphatic carbocycles. The van der Waals surface area contributed by atoms with Crippen molar-refractivity contribution in [3.05, 3.63) is 57.7 Å². The van der Waals surface area contributed by atoms with Gasteiger partial charge in [0.05, 0.1) is 32.2 Å². The molecule has 8 nitrogen and oxygen atoms in total. The normalized spacial score (nSPS) is 14.5. The van der Waals surface area contributed by atoms with Gasteiger partial charge in [0.25, 0.3) is 11.6 Å². The molecular weight excluding hydrogens is 474 g/mol. The average Bonchev–Trinajstić information content (AvgIpc) is 3.45. The van der Waals surface area contributed by atoms with Gasteiger partial charge in [-0.2, -0.15) is 0 Å². The first-order chi connectivity index (χ1) is 16.4. The molecule has 0 unspecified atom stereocenters. The molecule has 1 N–H and O–H groups in total. The molecule has 1 fully saturated rings. The van der Waals surface area contributed by atoms with E-state index < -0.39 is 0 Å². The highest BCUT2D eigenvalue weighted by Gasteiger charge is 2.30. The fourth-order valence-corrected chi connectivity index (χ4v) is 5.09. The second-order valence-corrected chi connectivity index (χ2v) is 10.1. The van der Waals surface area contributed by atoms with Crippen LogP contribution in [0, 0.1) is 19.8 Å². The van der Waals surface area contributed by atoms with Gasteiger partial charge in [-0.25, -0.2) is 9.97 Å². The summed E-state index contributed by atoms with van der Waals surface area (Å²) < 4.78 is 5.41. The zero-order chi connectivity index (χ0) is 23.8. The molecule has 174 valence electrons. The fourth-order valence-electron chi connectivity index (χ4n) is 4.15. The molecule has 34 heavy (non-hydrogen) atoms. The van der Waals surface area contributed by atoms with E-state index in [-0.39, 0.29) is 17.7 Å². The van der Waals surface area contributed by atoms with Crippen molar-refractivity contribution in [3.8, 4) is 10.6 Å². The van der Waals surface area contributed by atoms with Gasteiger partial charge in [0.1, 0.15) is 5.82 Å². The van der Waals surface area contributed by atoms with E-state index in [2.05, 4.69) is 20.4 Å². The predicted octanol–water partition coefficient (Wildman–Crippen LogP) is 5.11. The first-order valence-electron chi connectivity index (χ1n) is 10.9. The Morgan fingerprint density at radius 1 is 1.18 bits per heavy atom. The summed E-state index contributed by atoms with van der Waals surface area (Å²) >= 11 is 7.46. The second kappa shape index (κ2) is 9.15. The van der Waals surface area contributed by atoms with Gasteiger partial charge < -0.3 is 14.7 Å². The molecule has 10 heteroatoms. The van der Waals surface area contributed by atoms with Crippen molar-refractivity contribution in [1.82, 2.24) is 20.0 Å². The van der Waals surface area contributed by atoms with Gasteiger partial charge in [-0.15, -0.1) is 11.3 Å². The summed E-state index contributed by atoms with van der Waals surface area (Å²) in [6, 6.07) is 9.19. The summed E-state index contributed by atoms with van der Waals surface area (Å²) in [4.78, 5) is 38.9. The monoisotopic (exact) mass is 495 g/mol. The van der Waals surface area contributed by atoms with E-state index in [0.29, 0.717) is 64.8 Å². The molecule has 0 aromatic carbocycles. The van der Waals surface area contributed by atoms with Crippen LogP contribution in [0.5, 0.6) is 0 Å². The smallest absolute Gasteiger partial charge is 0.259 e. The van der Waals surface area contributed by atoms with Crippen LogP contribution in [0.1, 0.15) is 33.8 Å². The highest BCUT2D eigenvalue weighted by Crippen LogP contribution is 2.32. The van der Waals surface area contributed by atoms with Gasteiger partial charge in [-0.1, -0.05) is 16.8 Å². The van der Waals surface area contributed by atoms with Crippen molar-refractivity contribution in [1.29, 1.82) is 0 Å². The number of anilines is 1. The summed E-state index contributed by atoms with van der Waals surface area (Å²) in [6.45, 7) is 4.79. The molecule has 4 aromatic heterocycles. The van der Waals surface area contributed by atoms with E-state index in [0.717, 1.165) is 9.75 Å². The number of nitrogens with one attached hydrogen (secondary N) is 1. The Hall–Kier alpha value is -3.30. The largest absolute Gasteiger partial charge is 0.339 e. The molecule has 0 atom stereocenters. The number of hydrogen-bond acceptors (Lipinski definition) is 7. The molecule has 1 aliphatic rings. The number of thiophene rings is 1. The summed E-state index contributed by atoms with van der Waals surface area (Å²) in [6.07, 6.45) is 2.63. The molecule has 5 rings (SSSR count). The number of amides is 2. The molecular formula is C24H22ClN5O3S. The second-order valence-electron chi connectivity index (χ2n) is 8.33. The standard InChI is InChI=1S/C24H22ClN5O3S/c1-13-3-5-19(34-13)18-11-17(21-14(2)29-33-23(21)27-18)24(32)30-9-7-15(8-10-30)22(31)28-20-6-4-16(25)12-26-20/h3-6,11-12,15H,7-10H2,1-2H3,(H,26,28,31). The number of carbonyl (C=O) groups is 2. The Morgan fingerprint density at radius 3 is 2.65 bits per heavy atom. The highest BCUT2D eigenvalue weighted by molar-refractivity contribution is 7.15. The van der Waals surface area contributed by atoms with Crippen LogP contribution in [0.25, 0.3) is 21.7 Å². The van der Waals surface area contributed by atoms with Crippen LogP contribution in [0.15, 0.2) is 41.1 Å². The lowest BCUT2D eigenvalue weighted by Gasteiger charge is -2.31. The van der Waals surface area contributed by atoms with Gasteiger partial charge in [0.2, 0.25) is 5.91 Å². The molecule has 0 bridgehead atoms.